The number of carboxylic acids is 1. The number of benzene rings is 1. The largest absolute Gasteiger partial charge is 0.494 e. The van der Waals surface area contributed by atoms with Crippen molar-refractivity contribution in [1.29, 1.82) is 5.26 Å². The van der Waals surface area contributed by atoms with E-state index in [1.54, 1.807) is 6.07 Å². The van der Waals surface area contributed by atoms with Crippen molar-refractivity contribution in [2.45, 2.75) is 0 Å². The fourth-order valence-electron chi connectivity index (χ4n) is 1.04. The monoisotopic (exact) mass is 303 g/mol. The van der Waals surface area contributed by atoms with E-state index in [4.69, 9.17) is 15.1 Å². The maximum atomic E-state index is 10.8. The predicted molar refractivity (Wildman–Crippen MR) is 57.4 cm³/mol. The van der Waals surface area contributed by atoms with Gasteiger partial charge in [-0.15, -0.1) is 0 Å². The summed E-state index contributed by atoms with van der Waals surface area (Å²) < 4.78 is 5.57. The fraction of sp³-hybridized carbons (Fsp3) is 0.111. The molecule has 0 heterocycles. The van der Waals surface area contributed by atoms with E-state index < -0.39 is 5.97 Å². The molecule has 72 valence electrons. The van der Waals surface area contributed by atoms with Gasteiger partial charge in [-0.05, 0) is 34.7 Å². The van der Waals surface area contributed by atoms with Gasteiger partial charge in [0.2, 0.25) is 0 Å². The molecule has 1 aromatic carbocycles. The lowest BCUT2D eigenvalue weighted by Crippen LogP contribution is -2.03. The minimum absolute atomic E-state index is 0.00414. The van der Waals surface area contributed by atoms with E-state index in [-0.39, 0.29) is 16.9 Å². The smallest absolute Gasteiger partial charge is 0.339 e. The second-order valence-electron chi connectivity index (χ2n) is 2.42. The van der Waals surface area contributed by atoms with Gasteiger partial charge in [0.15, 0.2) is 5.75 Å². The van der Waals surface area contributed by atoms with Gasteiger partial charge in [-0.25, -0.2) is 4.79 Å². The van der Waals surface area contributed by atoms with E-state index in [1.807, 2.05) is 28.7 Å². The van der Waals surface area contributed by atoms with Crippen LogP contribution in [0.15, 0.2) is 12.1 Å². The first-order valence-electron chi connectivity index (χ1n) is 3.61. The van der Waals surface area contributed by atoms with Crippen LogP contribution in [0.2, 0.25) is 0 Å². The van der Waals surface area contributed by atoms with Crippen molar-refractivity contribution >= 4 is 28.6 Å². The van der Waals surface area contributed by atoms with Crippen molar-refractivity contribution in [3.05, 3.63) is 26.8 Å². The molecule has 0 saturated carbocycles. The van der Waals surface area contributed by atoms with E-state index in [0.29, 0.717) is 3.57 Å². The quantitative estimate of drug-likeness (QED) is 0.847. The van der Waals surface area contributed by atoms with Crippen LogP contribution in [-0.2, 0) is 0 Å². The number of methoxy groups -OCH3 is 1. The molecule has 5 heteroatoms. The fourth-order valence-corrected chi connectivity index (χ4v) is 1.59. The molecule has 0 fully saturated rings. The molecule has 0 aliphatic carbocycles. The molecule has 0 aliphatic rings. The van der Waals surface area contributed by atoms with Crippen LogP contribution in [0.5, 0.6) is 5.75 Å². The Balaban J connectivity index is 3.50. The topological polar surface area (TPSA) is 70.3 Å². The summed E-state index contributed by atoms with van der Waals surface area (Å²) in [6.45, 7) is 0. The molecule has 0 saturated heterocycles. The number of rotatable bonds is 2. The molecule has 0 atom stereocenters. The number of carboxylic acid groups (broad SMARTS) is 1. The van der Waals surface area contributed by atoms with Crippen LogP contribution < -0.4 is 4.74 Å². The average molecular weight is 303 g/mol. The number of ether oxygens (including phenoxy) is 1. The second kappa shape index (κ2) is 4.28. The molecule has 0 unspecified atom stereocenters. The van der Waals surface area contributed by atoms with E-state index in [1.165, 1.54) is 13.2 Å². The number of hydrogen-bond acceptors (Lipinski definition) is 3. The Kier molecular flexibility index (Phi) is 3.30. The van der Waals surface area contributed by atoms with Crippen LogP contribution in [0, 0.1) is 14.9 Å². The maximum Gasteiger partial charge on any atom is 0.339 e. The van der Waals surface area contributed by atoms with E-state index in [2.05, 4.69) is 0 Å². The minimum atomic E-state index is -1.10. The third kappa shape index (κ3) is 1.80. The highest BCUT2D eigenvalue weighted by Gasteiger charge is 2.16. The van der Waals surface area contributed by atoms with E-state index in [9.17, 15) is 4.79 Å². The third-order valence-corrected chi connectivity index (χ3v) is 2.55. The summed E-state index contributed by atoms with van der Waals surface area (Å²) >= 11 is 1.95. The molecular formula is C9H6INO3. The highest BCUT2D eigenvalue weighted by molar-refractivity contribution is 14.1. The summed E-state index contributed by atoms with van der Waals surface area (Å²) in [5.74, 6) is -0.985. The first kappa shape index (κ1) is 10.8. The number of nitrogens with zero attached hydrogens (tertiary/aromatic N) is 1. The number of aromatic carboxylic acids is 1. The number of nitriles is 1. The first-order valence-corrected chi connectivity index (χ1v) is 4.69. The van der Waals surface area contributed by atoms with Crippen molar-refractivity contribution in [2.75, 3.05) is 7.11 Å². The highest BCUT2D eigenvalue weighted by Crippen LogP contribution is 2.27. The van der Waals surface area contributed by atoms with Gasteiger partial charge in [-0.3, -0.25) is 0 Å². The van der Waals surface area contributed by atoms with Gasteiger partial charge in [-0.1, -0.05) is 0 Å². The summed E-state index contributed by atoms with van der Waals surface area (Å²) in [5.41, 5.74) is 0.262. The molecule has 0 bridgehead atoms. The van der Waals surface area contributed by atoms with Gasteiger partial charge in [0, 0.05) is 3.57 Å². The number of carbonyl (C=O) groups is 1. The lowest BCUT2D eigenvalue weighted by molar-refractivity contribution is 0.0693. The van der Waals surface area contributed by atoms with Crippen LogP contribution in [0.3, 0.4) is 0 Å². The molecule has 1 rings (SSSR count). The molecule has 0 aliphatic heterocycles. The van der Waals surface area contributed by atoms with E-state index in [0.717, 1.165) is 0 Å². The van der Waals surface area contributed by atoms with Crippen LogP contribution in [-0.4, -0.2) is 18.2 Å². The Morgan fingerprint density at radius 3 is 2.71 bits per heavy atom. The molecule has 0 radical (unpaired) electrons. The van der Waals surface area contributed by atoms with Gasteiger partial charge < -0.3 is 9.84 Å². The number of hydrogen-bond donors (Lipinski definition) is 1. The lowest BCUT2D eigenvalue weighted by Gasteiger charge is -2.07. The van der Waals surface area contributed by atoms with Crippen LogP contribution in [0.4, 0.5) is 0 Å². The Morgan fingerprint density at radius 1 is 1.64 bits per heavy atom. The van der Waals surface area contributed by atoms with E-state index >= 15 is 0 Å². The molecule has 0 aromatic heterocycles. The van der Waals surface area contributed by atoms with Crippen molar-refractivity contribution < 1.29 is 14.6 Å². The zero-order valence-electron chi connectivity index (χ0n) is 7.24. The average Bonchev–Trinajstić information content (AvgIpc) is 2.16. The summed E-state index contributed by atoms with van der Waals surface area (Å²) in [5, 5.41) is 17.6. The van der Waals surface area contributed by atoms with Crippen LogP contribution in [0.25, 0.3) is 0 Å². The van der Waals surface area contributed by atoms with Crippen molar-refractivity contribution in [3.63, 3.8) is 0 Å². The van der Waals surface area contributed by atoms with Crippen molar-refractivity contribution in [1.82, 2.24) is 0 Å². The standard InChI is InChI=1S/C9H6INO3/c1-14-8-5(9(12)13)2-3-7(10)6(8)4-11/h2-3H,1H3,(H,12,13). The Labute approximate surface area is 94.2 Å². The highest BCUT2D eigenvalue weighted by atomic mass is 127. The second-order valence-corrected chi connectivity index (χ2v) is 3.58. The maximum absolute atomic E-state index is 10.8. The minimum Gasteiger partial charge on any atom is -0.494 e. The molecule has 1 N–H and O–H groups in total. The predicted octanol–water partition coefficient (Wildman–Crippen LogP) is 1.87. The summed E-state index contributed by atoms with van der Waals surface area (Å²) in [7, 11) is 1.35. The molecule has 0 spiro atoms. The third-order valence-electron chi connectivity index (χ3n) is 1.65. The van der Waals surface area contributed by atoms with Gasteiger partial charge in [-0.2, -0.15) is 5.26 Å². The summed E-state index contributed by atoms with van der Waals surface area (Å²) in [4.78, 5) is 10.8. The lowest BCUT2D eigenvalue weighted by atomic mass is 10.1. The Hall–Kier alpha value is -1.29. The van der Waals surface area contributed by atoms with Crippen LogP contribution >= 0.6 is 22.6 Å². The van der Waals surface area contributed by atoms with Gasteiger partial charge in [0.05, 0.1) is 7.11 Å². The molecule has 0 amide bonds. The summed E-state index contributed by atoms with van der Waals surface area (Å²) in [6, 6.07) is 4.91. The molecule has 1 aromatic rings. The Morgan fingerprint density at radius 2 is 2.29 bits per heavy atom. The van der Waals surface area contributed by atoms with Gasteiger partial charge in [0.1, 0.15) is 17.2 Å². The SMILES string of the molecule is COc1c(C(=O)O)ccc(I)c1C#N. The van der Waals surface area contributed by atoms with Gasteiger partial charge >= 0.3 is 5.97 Å². The normalized spacial score (nSPS) is 9.21. The zero-order chi connectivity index (χ0) is 10.7. The molecule has 14 heavy (non-hydrogen) atoms. The summed E-state index contributed by atoms with van der Waals surface area (Å²) in [6.07, 6.45) is 0. The zero-order valence-corrected chi connectivity index (χ0v) is 9.40. The first-order chi connectivity index (χ1) is 6.61. The van der Waals surface area contributed by atoms with Crippen molar-refractivity contribution in [3.8, 4) is 11.8 Å². The number of halogens is 1. The Bertz CT molecular complexity index is 423. The molecule has 4 nitrogen and oxygen atoms in total. The van der Waals surface area contributed by atoms with Crippen LogP contribution in [0.1, 0.15) is 15.9 Å². The molecular weight excluding hydrogens is 297 g/mol. The van der Waals surface area contributed by atoms with Crippen molar-refractivity contribution in [2.24, 2.45) is 0 Å². The van der Waals surface area contributed by atoms with Gasteiger partial charge in [0.25, 0.3) is 0 Å².